The molecule has 1 aromatic carbocycles. The normalized spacial score (nSPS) is 13.3. The van der Waals surface area contributed by atoms with Crippen LogP contribution in [0.1, 0.15) is 33.8 Å². The van der Waals surface area contributed by atoms with Gasteiger partial charge < -0.3 is 4.74 Å². The van der Waals surface area contributed by atoms with Gasteiger partial charge in [0.25, 0.3) is 5.91 Å². The highest BCUT2D eigenvalue weighted by molar-refractivity contribution is 7.15. The van der Waals surface area contributed by atoms with E-state index in [0.29, 0.717) is 5.13 Å². The average molecular weight is 333 g/mol. The summed E-state index contributed by atoms with van der Waals surface area (Å²) in [4.78, 5) is 28.4. The standard InChI is InChI=1S/C15H15N3O4S/c1-22-12-7-6-9(8-11(12)18(20)21)14(19)17-15-16-10-4-2-3-5-13(10)23-15/h6-8H,2-5H2,1H3,(H,16,17,19). The maximum Gasteiger partial charge on any atom is 0.311 e. The van der Waals surface area contributed by atoms with Gasteiger partial charge in [-0.3, -0.25) is 20.2 Å². The highest BCUT2D eigenvalue weighted by Gasteiger charge is 2.20. The van der Waals surface area contributed by atoms with E-state index in [-0.39, 0.29) is 17.0 Å². The van der Waals surface area contributed by atoms with Crippen LogP contribution in [0.25, 0.3) is 0 Å². The number of amides is 1. The van der Waals surface area contributed by atoms with Gasteiger partial charge in [-0.2, -0.15) is 0 Å². The van der Waals surface area contributed by atoms with Crippen molar-refractivity contribution in [2.24, 2.45) is 0 Å². The van der Waals surface area contributed by atoms with Crippen LogP contribution >= 0.6 is 11.3 Å². The lowest BCUT2D eigenvalue weighted by atomic mass is 10.0. The molecular weight excluding hydrogens is 318 g/mol. The van der Waals surface area contributed by atoms with Crippen molar-refractivity contribution in [2.75, 3.05) is 12.4 Å². The number of hydrogen-bond acceptors (Lipinski definition) is 6. The molecule has 1 amide bonds. The highest BCUT2D eigenvalue weighted by Crippen LogP contribution is 2.31. The molecule has 0 unspecified atom stereocenters. The zero-order valence-corrected chi connectivity index (χ0v) is 13.3. The van der Waals surface area contributed by atoms with E-state index in [1.54, 1.807) is 0 Å². The minimum Gasteiger partial charge on any atom is -0.490 e. The Hall–Kier alpha value is -2.48. The second-order valence-corrected chi connectivity index (χ2v) is 6.28. The molecule has 7 nitrogen and oxygen atoms in total. The van der Waals surface area contributed by atoms with Crippen LogP contribution in [0.5, 0.6) is 5.75 Å². The van der Waals surface area contributed by atoms with Crippen LogP contribution in [0.4, 0.5) is 10.8 Å². The first-order valence-electron chi connectivity index (χ1n) is 7.21. The van der Waals surface area contributed by atoms with Crippen molar-refractivity contribution < 1.29 is 14.5 Å². The van der Waals surface area contributed by atoms with Gasteiger partial charge in [0.05, 0.1) is 17.7 Å². The lowest BCUT2D eigenvalue weighted by molar-refractivity contribution is -0.385. The first kappa shape index (κ1) is 15.4. The summed E-state index contributed by atoms with van der Waals surface area (Å²) in [6.07, 6.45) is 4.20. The smallest absolute Gasteiger partial charge is 0.311 e. The molecule has 3 rings (SSSR count). The van der Waals surface area contributed by atoms with Gasteiger partial charge in [0, 0.05) is 16.5 Å². The summed E-state index contributed by atoms with van der Waals surface area (Å²) in [7, 11) is 1.35. The van der Waals surface area contributed by atoms with E-state index in [9.17, 15) is 14.9 Å². The number of fused-ring (bicyclic) bond motifs is 1. The number of aromatic nitrogens is 1. The number of nitro benzene ring substituents is 1. The third-order valence-corrected chi connectivity index (χ3v) is 4.78. The highest BCUT2D eigenvalue weighted by atomic mass is 32.1. The number of methoxy groups -OCH3 is 1. The number of rotatable bonds is 4. The van der Waals surface area contributed by atoms with Gasteiger partial charge in [0.1, 0.15) is 0 Å². The number of nitro groups is 1. The molecule has 1 N–H and O–H groups in total. The number of nitrogens with one attached hydrogen (secondary N) is 1. The van der Waals surface area contributed by atoms with E-state index >= 15 is 0 Å². The summed E-state index contributed by atoms with van der Waals surface area (Å²) < 4.78 is 4.93. The van der Waals surface area contributed by atoms with Gasteiger partial charge in [-0.1, -0.05) is 0 Å². The topological polar surface area (TPSA) is 94.4 Å². The number of nitrogens with zero attached hydrogens (tertiary/aromatic N) is 2. The SMILES string of the molecule is COc1ccc(C(=O)Nc2nc3c(s2)CCCC3)cc1[N+](=O)[O-]. The van der Waals surface area contributed by atoms with E-state index < -0.39 is 10.8 Å². The van der Waals surface area contributed by atoms with Crippen molar-refractivity contribution in [2.45, 2.75) is 25.7 Å². The van der Waals surface area contributed by atoms with Crippen LogP contribution in [0.3, 0.4) is 0 Å². The van der Waals surface area contributed by atoms with Gasteiger partial charge in [-0.15, -0.1) is 11.3 Å². The van der Waals surface area contributed by atoms with Crippen LogP contribution in [0.2, 0.25) is 0 Å². The van der Waals surface area contributed by atoms with E-state index in [4.69, 9.17) is 4.74 Å². The van der Waals surface area contributed by atoms with Crippen molar-refractivity contribution in [1.82, 2.24) is 4.98 Å². The summed E-state index contributed by atoms with van der Waals surface area (Å²) in [6.45, 7) is 0. The van der Waals surface area contributed by atoms with Crippen molar-refractivity contribution in [3.8, 4) is 5.75 Å². The third kappa shape index (κ3) is 3.16. The number of aryl methyl sites for hydroxylation is 2. The second-order valence-electron chi connectivity index (χ2n) is 5.19. The van der Waals surface area contributed by atoms with E-state index in [2.05, 4.69) is 10.3 Å². The minimum atomic E-state index is -0.572. The Morgan fingerprint density at radius 2 is 2.17 bits per heavy atom. The number of carbonyl (C=O) groups is 1. The van der Waals surface area contributed by atoms with Crippen molar-refractivity contribution >= 4 is 28.1 Å². The summed E-state index contributed by atoms with van der Waals surface area (Å²) in [5, 5.41) is 14.3. The molecule has 0 spiro atoms. The molecular formula is C15H15N3O4S. The van der Waals surface area contributed by atoms with Gasteiger partial charge in [0.2, 0.25) is 0 Å². The Balaban J connectivity index is 1.81. The third-order valence-electron chi connectivity index (χ3n) is 3.70. The number of carbonyl (C=O) groups excluding carboxylic acids is 1. The number of ether oxygens (including phenoxy) is 1. The van der Waals surface area contributed by atoms with Gasteiger partial charge in [-0.05, 0) is 37.8 Å². The predicted octanol–water partition coefficient (Wildman–Crippen LogP) is 3.19. The maximum absolute atomic E-state index is 12.3. The number of anilines is 1. The van der Waals surface area contributed by atoms with Crippen LogP contribution in [-0.4, -0.2) is 22.9 Å². The number of thiazole rings is 1. The summed E-state index contributed by atoms with van der Waals surface area (Å²) in [5.41, 5.74) is 1.02. The van der Waals surface area contributed by atoms with E-state index in [1.807, 2.05) is 0 Å². The molecule has 2 aromatic rings. The molecule has 0 aliphatic heterocycles. The first-order valence-corrected chi connectivity index (χ1v) is 8.02. The van der Waals surface area contributed by atoms with Gasteiger partial charge >= 0.3 is 5.69 Å². The Bertz CT molecular complexity index is 749. The molecule has 0 saturated carbocycles. The first-order chi connectivity index (χ1) is 11.1. The van der Waals surface area contributed by atoms with Crippen LogP contribution in [0, 0.1) is 10.1 Å². The van der Waals surface area contributed by atoms with Crippen molar-refractivity contribution in [1.29, 1.82) is 0 Å². The lowest BCUT2D eigenvalue weighted by Gasteiger charge is -2.06. The molecule has 0 bridgehead atoms. The zero-order valence-electron chi connectivity index (χ0n) is 12.5. The molecule has 0 fully saturated rings. The van der Waals surface area contributed by atoms with Crippen LogP contribution in [-0.2, 0) is 12.8 Å². The number of benzene rings is 1. The van der Waals surface area contributed by atoms with Crippen LogP contribution in [0.15, 0.2) is 18.2 Å². The molecule has 120 valence electrons. The fourth-order valence-electron chi connectivity index (χ4n) is 2.55. The Morgan fingerprint density at radius 1 is 1.39 bits per heavy atom. The van der Waals surface area contributed by atoms with E-state index in [1.165, 1.54) is 41.5 Å². The van der Waals surface area contributed by atoms with Gasteiger partial charge in [0.15, 0.2) is 10.9 Å². The fraction of sp³-hybridized carbons (Fsp3) is 0.333. The minimum absolute atomic E-state index is 0.122. The Kier molecular flexibility index (Phi) is 4.24. The predicted molar refractivity (Wildman–Crippen MR) is 86.4 cm³/mol. The van der Waals surface area contributed by atoms with Crippen molar-refractivity contribution in [3.05, 3.63) is 44.4 Å². The summed E-state index contributed by atoms with van der Waals surface area (Å²) in [5.74, 6) is -0.293. The number of hydrogen-bond donors (Lipinski definition) is 1. The molecule has 1 heterocycles. The van der Waals surface area contributed by atoms with Crippen LogP contribution < -0.4 is 10.1 Å². The molecule has 0 radical (unpaired) electrons. The molecule has 0 atom stereocenters. The molecule has 8 heteroatoms. The Morgan fingerprint density at radius 3 is 2.87 bits per heavy atom. The largest absolute Gasteiger partial charge is 0.490 e. The Labute approximate surface area is 136 Å². The van der Waals surface area contributed by atoms with Crippen molar-refractivity contribution in [3.63, 3.8) is 0 Å². The summed E-state index contributed by atoms with van der Waals surface area (Å²) in [6, 6.07) is 4.12. The fourth-order valence-corrected chi connectivity index (χ4v) is 3.59. The molecule has 23 heavy (non-hydrogen) atoms. The monoisotopic (exact) mass is 333 g/mol. The second kappa shape index (κ2) is 6.33. The molecule has 1 aliphatic carbocycles. The van der Waals surface area contributed by atoms with E-state index in [0.717, 1.165) is 31.4 Å². The summed E-state index contributed by atoms with van der Waals surface area (Å²) >= 11 is 1.47. The lowest BCUT2D eigenvalue weighted by Crippen LogP contribution is -2.12. The molecule has 1 aliphatic rings. The van der Waals surface area contributed by atoms with Gasteiger partial charge in [-0.25, -0.2) is 4.98 Å². The average Bonchev–Trinajstić information content (AvgIpc) is 2.96. The maximum atomic E-state index is 12.3. The quantitative estimate of drug-likeness (QED) is 0.685. The molecule has 0 saturated heterocycles. The zero-order chi connectivity index (χ0) is 16.4. The molecule has 1 aromatic heterocycles.